The highest BCUT2D eigenvalue weighted by atomic mass is 79.9. The molecule has 0 bridgehead atoms. The lowest BCUT2D eigenvalue weighted by Crippen LogP contribution is -2.14. The Morgan fingerprint density at radius 1 is 1.48 bits per heavy atom. The maximum atomic E-state index is 13.7. The highest BCUT2D eigenvalue weighted by molar-refractivity contribution is 9.10. The van der Waals surface area contributed by atoms with E-state index in [4.69, 9.17) is 9.88 Å². The number of sulfonamides is 1. The summed E-state index contributed by atoms with van der Waals surface area (Å²) in [4.78, 5) is 3.49. The summed E-state index contributed by atoms with van der Waals surface area (Å²) in [7, 11) is -4.11. The van der Waals surface area contributed by atoms with Gasteiger partial charge in [-0.05, 0) is 28.9 Å². The summed E-state index contributed by atoms with van der Waals surface area (Å²) in [6.07, 6.45) is 3.48. The largest absolute Gasteiger partial charge is 0.490 e. The second-order valence-electron chi connectivity index (χ2n) is 4.27. The van der Waals surface area contributed by atoms with E-state index in [1.165, 1.54) is 0 Å². The zero-order chi connectivity index (χ0) is 15.6. The van der Waals surface area contributed by atoms with Crippen molar-refractivity contribution in [1.29, 1.82) is 0 Å². The Balaban J connectivity index is 2.11. The molecule has 0 radical (unpaired) electrons. The van der Waals surface area contributed by atoms with Crippen LogP contribution in [0, 0.1) is 12.7 Å². The van der Waals surface area contributed by atoms with Gasteiger partial charge in [0.15, 0.2) is 0 Å². The molecule has 0 aliphatic rings. The average Bonchev–Trinajstić information content (AvgIpc) is 2.77. The smallest absolute Gasteiger partial charge is 0.241 e. The molecule has 0 fully saturated rings. The Morgan fingerprint density at radius 3 is 2.76 bits per heavy atom. The minimum Gasteiger partial charge on any atom is -0.490 e. The predicted octanol–water partition coefficient (Wildman–Crippen LogP) is 1.82. The van der Waals surface area contributed by atoms with E-state index in [1.807, 2.05) is 11.5 Å². The first kappa shape index (κ1) is 15.9. The van der Waals surface area contributed by atoms with E-state index in [1.54, 1.807) is 12.4 Å². The molecule has 1 heterocycles. The summed E-state index contributed by atoms with van der Waals surface area (Å²) < 4.78 is 43.7. The lowest BCUT2D eigenvalue weighted by atomic mass is 10.3. The molecule has 0 unspecified atom stereocenters. The van der Waals surface area contributed by atoms with Gasteiger partial charge in [-0.15, -0.1) is 0 Å². The van der Waals surface area contributed by atoms with Crippen LogP contribution in [0.15, 0.2) is 33.9 Å². The number of nitrogens with two attached hydrogens (primary N) is 1. The van der Waals surface area contributed by atoms with Crippen LogP contribution in [0.4, 0.5) is 4.39 Å². The van der Waals surface area contributed by atoms with E-state index >= 15 is 0 Å². The van der Waals surface area contributed by atoms with E-state index in [0.29, 0.717) is 11.0 Å². The highest BCUT2D eigenvalue weighted by Gasteiger charge is 2.17. The Morgan fingerprint density at radius 2 is 2.19 bits per heavy atom. The summed E-state index contributed by atoms with van der Waals surface area (Å²) in [5, 5.41) is 4.92. The van der Waals surface area contributed by atoms with Gasteiger partial charge in [-0.25, -0.2) is 22.9 Å². The molecule has 1 aromatic carbocycles. The molecule has 6 nitrogen and oxygen atoms in total. The first-order valence-corrected chi connectivity index (χ1v) is 8.25. The Labute approximate surface area is 129 Å². The molecule has 21 heavy (non-hydrogen) atoms. The Bertz CT molecular complexity index is 761. The number of rotatable bonds is 5. The van der Waals surface area contributed by atoms with Gasteiger partial charge in [0.2, 0.25) is 10.0 Å². The number of nitrogens with zero attached hydrogens (tertiary/aromatic N) is 2. The fourth-order valence-corrected chi connectivity index (χ4v) is 2.96. The van der Waals surface area contributed by atoms with E-state index in [-0.39, 0.29) is 12.4 Å². The van der Waals surface area contributed by atoms with Crippen LogP contribution in [-0.4, -0.2) is 24.6 Å². The standard InChI is InChI=1S/C12H13BrFN3O3S/c1-8-16-2-3-17(8)4-5-20-11-7-10(14)12(6-9(11)13)21(15,18)19/h2-3,6-7H,4-5H2,1H3,(H2,15,18,19). The fourth-order valence-electron chi connectivity index (χ4n) is 1.73. The maximum absolute atomic E-state index is 13.7. The number of aryl methyl sites for hydroxylation is 1. The Hall–Kier alpha value is -1.45. The maximum Gasteiger partial charge on any atom is 0.241 e. The van der Waals surface area contributed by atoms with Gasteiger partial charge < -0.3 is 9.30 Å². The lowest BCUT2D eigenvalue weighted by molar-refractivity contribution is 0.293. The topological polar surface area (TPSA) is 87.2 Å². The minimum atomic E-state index is -4.11. The molecule has 0 aliphatic carbocycles. The van der Waals surface area contributed by atoms with Crippen molar-refractivity contribution in [2.45, 2.75) is 18.4 Å². The second-order valence-corrected chi connectivity index (χ2v) is 6.66. The zero-order valence-electron chi connectivity index (χ0n) is 11.1. The summed E-state index contributed by atoms with van der Waals surface area (Å²) in [5.41, 5.74) is 0. The normalized spacial score (nSPS) is 11.6. The van der Waals surface area contributed by atoms with Crippen molar-refractivity contribution in [3.8, 4) is 5.75 Å². The van der Waals surface area contributed by atoms with Crippen LogP contribution < -0.4 is 9.88 Å². The molecule has 0 amide bonds. The molecule has 0 spiro atoms. The third-order valence-electron chi connectivity index (χ3n) is 2.81. The van der Waals surface area contributed by atoms with Gasteiger partial charge in [0.25, 0.3) is 0 Å². The molecular formula is C12H13BrFN3O3S. The van der Waals surface area contributed by atoms with E-state index < -0.39 is 20.7 Å². The Kier molecular flexibility index (Phi) is 4.64. The van der Waals surface area contributed by atoms with Crippen LogP contribution in [-0.2, 0) is 16.6 Å². The van der Waals surface area contributed by atoms with Crippen molar-refractivity contribution in [1.82, 2.24) is 9.55 Å². The van der Waals surface area contributed by atoms with Crippen molar-refractivity contribution in [3.63, 3.8) is 0 Å². The SMILES string of the molecule is Cc1nccn1CCOc1cc(F)c(S(N)(=O)=O)cc1Br. The summed E-state index contributed by atoms with van der Waals surface area (Å²) >= 11 is 3.14. The van der Waals surface area contributed by atoms with Gasteiger partial charge in [-0.2, -0.15) is 0 Å². The van der Waals surface area contributed by atoms with Gasteiger partial charge in [0.1, 0.15) is 28.9 Å². The van der Waals surface area contributed by atoms with Gasteiger partial charge >= 0.3 is 0 Å². The van der Waals surface area contributed by atoms with Crippen molar-refractivity contribution in [3.05, 3.63) is 40.6 Å². The number of imidazole rings is 1. The molecule has 2 rings (SSSR count). The first-order valence-electron chi connectivity index (χ1n) is 5.91. The van der Waals surface area contributed by atoms with E-state index in [2.05, 4.69) is 20.9 Å². The second kappa shape index (κ2) is 6.12. The minimum absolute atomic E-state index is 0.206. The quantitative estimate of drug-likeness (QED) is 0.860. The van der Waals surface area contributed by atoms with Crippen molar-refractivity contribution >= 4 is 26.0 Å². The third-order valence-corrected chi connectivity index (χ3v) is 4.35. The van der Waals surface area contributed by atoms with Crippen molar-refractivity contribution in [2.75, 3.05) is 6.61 Å². The van der Waals surface area contributed by atoms with Crippen LogP contribution in [0.25, 0.3) is 0 Å². The molecule has 114 valence electrons. The van der Waals surface area contributed by atoms with Crippen LogP contribution in [0.2, 0.25) is 0 Å². The number of ether oxygens (including phenoxy) is 1. The molecule has 2 N–H and O–H groups in total. The summed E-state index contributed by atoms with van der Waals surface area (Å²) in [5.74, 6) is 0.0978. The number of hydrogen-bond acceptors (Lipinski definition) is 4. The third kappa shape index (κ3) is 3.80. The summed E-state index contributed by atoms with van der Waals surface area (Å²) in [6, 6.07) is 2.08. The number of benzene rings is 1. The fraction of sp³-hybridized carbons (Fsp3) is 0.250. The summed E-state index contributed by atoms with van der Waals surface area (Å²) in [6.45, 7) is 2.68. The molecule has 9 heteroatoms. The van der Waals surface area contributed by atoms with E-state index in [0.717, 1.165) is 18.0 Å². The molecule has 0 saturated heterocycles. The molecular weight excluding hydrogens is 365 g/mol. The molecule has 0 saturated carbocycles. The van der Waals surface area contributed by atoms with E-state index in [9.17, 15) is 12.8 Å². The number of primary sulfonamides is 1. The molecule has 0 atom stereocenters. The molecule has 2 aromatic rings. The van der Waals surface area contributed by atoms with Crippen molar-refractivity contribution in [2.24, 2.45) is 5.14 Å². The van der Waals surface area contributed by atoms with Gasteiger partial charge in [0, 0.05) is 18.5 Å². The first-order chi connectivity index (χ1) is 9.79. The van der Waals surface area contributed by atoms with Crippen molar-refractivity contribution < 1.29 is 17.5 Å². The van der Waals surface area contributed by atoms with Crippen LogP contribution in [0.5, 0.6) is 5.75 Å². The molecule has 0 aliphatic heterocycles. The predicted molar refractivity (Wildman–Crippen MR) is 77.9 cm³/mol. The number of aromatic nitrogens is 2. The number of halogens is 2. The van der Waals surface area contributed by atoms with Crippen LogP contribution >= 0.6 is 15.9 Å². The zero-order valence-corrected chi connectivity index (χ0v) is 13.5. The number of hydrogen-bond donors (Lipinski definition) is 1. The van der Waals surface area contributed by atoms with Gasteiger partial charge in [0.05, 0.1) is 11.0 Å². The molecule has 1 aromatic heterocycles. The monoisotopic (exact) mass is 377 g/mol. The van der Waals surface area contributed by atoms with Crippen LogP contribution in [0.3, 0.4) is 0 Å². The van der Waals surface area contributed by atoms with Crippen LogP contribution in [0.1, 0.15) is 5.82 Å². The van der Waals surface area contributed by atoms with Gasteiger partial charge in [-0.1, -0.05) is 0 Å². The highest BCUT2D eigenvalue weighted by Crippen LogP contribution is 2.29. The average molecular weight is 378 g/mol. The lowest BCUT2D eigenvalue weighted by Gasteiger charge is -2.11. The van der Waals surface area contributed by atoms with Gasteiger partial charge in [-0.3, -0.25) is 0 Å².